The molecule has 1 N–H and O–H groups in total. The van der Waals surface area contributed by atoms with Crippen LogP contribution < -0.4 is 5.32 Å². The summed E-state index contributed by atoms with van der Waals surface area (Å²) in [6, 6.07) is 10.6. The first-order valence-electron chi connectivity index (χ1n) is 8.98. The minimum atomic E-state index is -3.63. The van der Waals surface area contributed by atoms with Crippen molar-refractivity contribution in [3.05, 3.63) is 64.4 Å². The van der Waals surface area contributed by atoms with E-state index in [-0.39, 0.29) is 10.5 Å². The summed E-state index contributed by atoms with van der Waals surface area (Å²) in [7, 11) is -1.67. The van der Waals surface area contributed by atoms with Crippen LogP contribution in [-0.2, 0) is 14.8 Å². The van der Waals surface area contributed by atoms with Crippen LogP contribution in [0.15, 0.2) is 57.9 Å². The number of carbonyl (C=O) groups excluding carboxylic acids is 1. The number of benzene rings is 2. The second-order valence-electron chi connectivity index (χ2n) is 6.72. The molecular formula is C20H21BrFN3O3S. The van der Waals surface area contributed by atoms with E-state index in [1.807, 2.05) is 7.05 Å². The van der Waals surface area contributed by atoms with Gasteiger partial charge in [-0.05, 0) is 49.5 Å². The lowest BCUT2D eigenvalue weighted by molar-refractivity contribution is -0.111. The van der Waals surface area contributed by atoms with E-state index in [9.17, 15) is 17.6 Å². The summed E-state index contributed by atoms with van der Waals surface area (Å²) in [5.41, 5.74) is 0.616. The number of sulfonamides is 1. The molecule has 0 radical (unpaired) electrons. The summed E-state index contributed by atoms with van der Waals surface area (Å²) < 4.78 is 41.6. The monoisotopic (exact) mass is 481 g/mol. The Morgan fingerprint density at radius 1 is 1.14 bits per heavy atom. The number of rotatable bonds is 5. The highest BCUT2D eigenvalue weighted by molar-refractivity contribution is 9.10. The van der Waals surface area contributed by atoms with Crippen LogP contribution in [0.2, 0.25) is 0 Å². The first kappa shape index (κ1) is 21.6. The first-order chi connectivity index (χ1) is 13.8. The highest BCUT2D eigenvalue weighted by Crippen LogP contribution is 2.21. The van der Waals surface area contributed by atoms with E-state index < -0.39 is 21.7 Å². The molecule has 0 unspecified atom stereocenters. The molecule has 0 aromatic heterocycles. The molecule has 2 aromatic rings. The summed E-state index contributed by atoms with van der Waals surface area (Å²) >= 11 is 3.26. The summed E-state index contributed by atoms with van der Waals surface area (Å²) in [4.78, 5) is 14.4. The van der Waals surface area contributed by atoms with Gasteiger partial charge in [-0.15, -0.1) is 0 Å². The number of likely N-dealkylation sites (N-methyl/N-ethyl adjacent to an activating group) is 1. The molecular weight excluding hydrogens is 461 g/mol. The number of nitrogens with zero attached hydrogens (tertiary/aromatic N) is 2. The molecule has 3 rings (SSSR count). The summed E-state index contributed by atoms with van der Waals surface area (Å²) in [5, 5.41) is 2.62. The molecule has 2 aromatic carbocycles. The van der Waals surface area contributed by atoms with E-state index in [1.54, 1.807) is 24.3 Å². The van der Waals surface area contributed by atoms with Crippen molar-refractivity contribution in [2.24, 2.45) is 0 Å². The van der Waals surface area contributed by atoms with Crippen molar-refractivity contribution in [3.63, 3.8) is 0 Å². The van der Waals surface area contributed by atoms with Crippen LogP contribution in [0, 0.1) is 5.82 Å². The van der Waals surface area contributed by atoms with Crippen molar-refractivity contribution >= 4 is 43.6 Å². The highest BCUT2D eigenvalue weighted by Gasteiger charge is 2.27. The van der Waals surface area contributed by atoms with Crippen LogP contribution in [-0.4, -0.2) is 56.8 Å². The number of nitrogens with one attached hydrogen (secondary N) is 1. The maximum Gasteiger partial charge on any atom is 0.248 e. The molecule has 6 nitrogen and oxygen atoms in total. The zero-order valence-corrected chi connectivity index (χ0v) is 18.2. The van der Waals surface area contributed by atoms with Crippen molar-refractivity contribution in [1.82, 2.24) is 9.21 Å². The normalized spacial score (nSPS) is 16.2. The third-order valence-electron chi connectivity index (χ3n) is 4.57. The van der Waals surface area contributed by atoms with Gasteiger partial charge in [-0.3, -0.25) is 4.79 Å². The number of hydrogen-bond donors (Lipinski definition) is 1. The smallest absolute Gasteiger partial charge is 0.248 e. The van der Waals surface area contributed by atoms with Crippen molar-refractivity contribution in [1.29, 1.82) is 0 Å². The average Bonchev–Trinajstić information content (AvgIpc) is 2.69. The molecule has 0 atom stereocenters. The van der Waals surface area contributed by atoms with Crippen LogP contribution >= 0.6 is 15.9 Å². The van der Waals surface area contributed by atoms with Gasteiger partial charge in [0, 0.05) is 48.0 Å². The molecule has 0 spiro atoms. The molecule has 0 saturated carbocycles. The van der Waals surface area contributed by atoms with Crippen LogP contribution in [0.5, 0.6) is 0 Å². The molecule has 154 valence electrons. The van der Waals surface area contributed by atoms with Gasteiger partial charge in [-0.1, -0.05) is 22.0 Å². The quantitative estimate of drug-likeness (QED) is 0.665. The standard InChI is InChI=1S/C20H21BrFN3O3S/c1-24-9-11-25(12-10-24)29(27,28)18-4-2-3-17(14-18)23-20(26)8-5-15-13-16(21)6-7-19(15)22/h2-8,13-14H,9-12H2,1H3,(H,23,26). The molecule has 29 heavy (non-hydrogen) atoms. The molecule has 1 amide bonds. The molecule has 1 aliphatic heterocycles. The Morgan fingerprint density at radius 2 is 1.86 bits per heavy atom. The number of anilines is 1. The van der Waals surface area contributed by atoms with Gasteiger partial charge in [-0.25, -0.2) is 12.8 Å². The summed E-state index contributed by atoms with van der Waals surface area (Å²) in [5.74, 6) is -0.934. The van der Waals surface area contributed by atoms with Gasteiger partial charge in [0.15, 0.2) is 0 Å². The topological polar surface area (TPSA) is 69.7 Å². The third kappa shape index (κ3) is 5.51. The molecule has 1 aliphatic rings. The predicted molar refractivity (Wildman–Crippen MR) is 114 cm³/mol. The summed E-state index contributed by atoms with van der Waals surface area (Å²) in [6.45, 7) is 2.20. The van der Waals surface area contributed by atoms with E-state index in [0.29, 0.717) is 36.3 Å². The fourth-order valence-corrected chi connectivity index (χ4v) is 4.75. The number of hydrogen-bond acceptors (Lipinski definition) is 4. The number of carbonyl (C=O) groups is 1. The van der Waals surface area contributed by atoms with Gasteiger partial charge in [0.2, 0.25) is 15.9 Å². The molecule has 0 bridgehead atoms. The van der Waals surface area contributed by atoms with Crippen molar-refractivity contribution < 1.29 is 17.6 Å². The van der Waals surface area contributed by atoms with E-state index in [1.165, 1.54) is 34.7 Å². The molecule has 9 heteroatoms. The maximum atomic E-state index is 13.8. The molecule has 1 heterocycles. The number of halogens is 2. The Hall–Kier alpha value is -2.07. The lowest BCUT2D eigenvalue weighted by atomic mass is 10.2. The zero-order chi connectivity index (χ0) is 21.0. The zero-order valence-electron chi connectivity index (χ0n) is 15.8. The number of piperazine rings is 1. The van der Waals surface area contributed by atoms with Gasteiger partial charge in [0.25, 0.3) is 0 Å². The Kier molecular flexibility index (Phi) is 6.84. The van der Waals surface area contributed by atoms with E-state index in [0.717, 1.165) is 0 Å². The lowest BCUT2D eigenvalue weighted by Crippen LogP contribution is -2.47. The van der Waals surface area contributed by atoms with E-state index in [4.69, 9.17) is 0 Å². The second kappa shape index (κ2) is 9.17. The Balaban J connectivity index is 1.71. The predicted octanol–water partition coefficient (Wildman–Crippen LogP) is 3.18. The van der Waals surface area contributed by atoms with Gasteiger partial charge < -0.3 is 10.2 Å². The van der Waals surface area contributed by atoms with Crippen LogP contribution in [0.25, 0.3) is 6.08 Å². The average molecular weight is 482 g/mol. The molecule has 1 saturated heterocycles. The van der Waals surface area contributed by atoms with E-state index >= 15 is 0 Å². The van der Waals surface area contributed by atoms with Crippen LogP contribution in [0.3, 0.4) is 0 Å². The largest absolute Gasteiger partial charge is 0.322 e. The Morgan fingerprint density at radius 3 is 2.59 bits per heavy atom. The third-order valence-corrected chi connectivity index (χ3v) is 6.96. The van der Waals surface area contributed by atoms with Gasteiger partial charge in [-0.2, -0.15) is 4.31 Å². The van der Waals surface area contributed by atoms with Gasteiger partial charge >= 0.3 is 0 Å². The minimum absolute atomic E-state index is 0.127. The number of amides is 1. The maximum absolute atomic E-state index is 13.8. The first-order valence-corrected chi connectivity index (χ1v) is 11.2. The minimum Gasteiger partial charge on any atom is -0.322 e. The van der Waals surface area contributed by atoms with Crippen molar-refractivity contribution in [2.45, 2.75) is 4.90 Å². The Bertz CT molecular complexity index is 1040. The SMILES string of the molecule is CN1CCN(S(=O)(=O)c2cccc(NC(=O)C=Cc3cc(Br)ccc3F)c2)CC1. The fraction of sp³-hybridized carbons (Fsp3) is 0.250. The van der Waals surface area contributed by atoms with Crippen LogP contribution in [0.1, 0.15) is 5.56 Å². The van der Waals surface area contributed by atoms with Crippen molar-refractivity contribution in [3.8, 4) is 0 Å². The van der Waals surface area contributed by atoms with Crippen LogP contribution in [0.4, 0.5) is 10.1 Å². The summed E-state index contributed by atoms with van der Waals surface area (Å²) in [6.07, 6.45) is 2.56. The van der Waals surface area contributed by atoms with Gasteiger partial charge in [0.05, 0.1) is 4.90 Å². The molecule has 1 fully saturated rings. The van der Waals surface area contributed by atoms with E-state index in [2.05, 4.69) is 26.1 Å². The second-order valence-corrected chi connectivity index (χ2v) is 9.58. The van der Waals surface area contributed by atoms with Gasteiger partial charge in [0.1, 0.15) is 5.82 Å². The Labute approximate surface area is 178 Å². The molecule has 0 aliphatic carbocycles. The van der Waals surface area contributed by atoms with Crippen molar-refractivity contribution in [2.75, 3.05) is 38.5 Å². The lowest BCUT2D eigenvalue weighted by Gasteiger charge is -2.31. The fourth-order valence-electron chi connectivity index (χ4n) is 2.90. The highest BCUT2D eigenvalue weighted by atomic mass is 79.9.